The third-order valence-electron chi connectivity index (χ3n) is 2.91. The summed E-state index contributed by atoms with van der Waals surface area (Å²) in [5.74, 6) is 0.743. The van der Waals surface area contributed by atoms with Gasteiger partial charge >= 0.3 is 5.56 Å². The van der Waals surface area contributed by atoms with Gasteiger partial charge in [0.25, 0.3) is 0 Å². The van der Waals surface area contributed by atoms with Crippen LogP contribution < -0.4 is 16.0 Å². The Bertz CT molecular complexity index is 854. The lowest BCUT2D eigenvalue weighted by Gasteiger charge is -2.09. The second-order valence-electron chi connectivity index (χ2n) is 4.94. The zero-order chi connectivity index (χ0) is 15.7. The largest absolute Gasteiger partial charge is 0.491 e. The lowest BCUT2D eigenvalue weighted by molar-refractivity contribution is 0.242. The Labute approximate surface area is 130 Å². The van der Waals surface area contributed by atoms with Gasteiger partial charge in [0.1, 0.15) is 10.8 Å². The van der Waals surface area contributed by atoms with E-state index in [0.29, 0.717) is 15.5 Å². The molecule has 0 fully saturated rings. The van der Waals surface area contributed by atoms with Crippen LogP contribution in [0, 0.1) is 0 Å². The van der Waals surface area contributed by atoms with Gasteiger partial charge in [-0.3, -0.25) is 4.79 Å². The van der Waals surface area contributed by atoms with Gasteiger partial charge < -0.3 is 10.5 Å². The number of fused-ring (bicyclic) bond motifs is 1. The summed E-state index contributed by atoms with van der Waals surface area (Å²) >= 11 is 1.26. The minimum Gasteiger partial charge on any atom is -0.491 e. The maximum Gasteiger partial charge on any atom is 0.302 e. The third-order valence-corrected chi connectivity index (χ3v) is 3.83. The van der Waals surface area contributed by atoms with Gasteiger partial charge in [0, 0.05) is 12.1 Å². The van der Waals surface area contributed by atoms with Crippen molar-refractivity contribution < 1.29 is 4.74 Å². The van der Waals surface area contributed by atoms with E-state index in [1.807, 2.05) is 13.8 Å². The third kappa shape index (κ3) is 2.70. The van der Waals surface area contributed by atoms with Crippen LogP contribution in [0.2, 0.25) is 0 Å². The molecule has 114 valence electrons. The highest BCUT2D eigenvalue weighted by Gasteiger charge is 2.13. The van der Waals surface area contributed by atoms with Crippen molar-refractivity contribution in [1.82, 2.24) is 19.8 Å². The maximum atomic E-state index is 12.5. The number of hydrogen-bond donors (Lipinski definition) is 1. The fraction of sp³-hybridized carbons (Fsp3) is 0.286. The van der Waals surface area contributed by atoms with Crippen molar-refractivity contribution in [1.29, 1.82) is 0 Å². The molecule has 7 nitrogen and oxygen atoms in total. The van der Waals surface area contributed by atoms with Crippen LogP contribution in [0.3, 0.4) is 0 Å². The van der Waals surface area contributed by atoms with Crippen LogP contribution >= 0.6 is 11.3 Å². The fourth-order valence-corrected chi connectivity index (χ4v) is 2.69. The average Bonchev–Trinajstić information content (AvgIpc) is 2.92. The van der Waals surface area contributed by atoms with Crippen LogP contribution in [0.1, 0.15) is 18.9 Å². The van der Waals surface area contributed by atoms with E-state index >= 15 is 0 Å². The van der Waals surface area contributed by atoms with Gasteiger partial charge in [0.2, 0.25) is 4.96 Å². The van der Waals surface area contributed by atoms with Crippen LogP contribution in [-0.4, -0.2) is 25.9 Å². The molecule has 2 heterocycles. The van der Waals surface area contributed by atoms with Crippen molar-refractivity contribution in [2.45, 2.75) is 26.5 Å². The van der Waals surface area contributed by atoms with E-state index in [9.17, 15) is 4.79 Å². The van der Waals surface area contributed by atoms with Crippen LogP contribution in [0.4, 0.5) is 0 Å². The molecule has 0 bridgehead atoms. The van der Waals surface area contributed by atoms with Gasteiger partial charge in [-0.05, 0) is 38.1 Å². The Kier molecular flexibility index (Phi) is 3.86. The number of nitrogens with two attached hydrogens (primary N) is 1. The minimum absolute atomic E-state index is 0.0947. The molecule has 2 N–H and O–H groups in total. The molecule has 0 unspecified atom stereocenters. The molecule has 3 rings (SSSR count). The molecular formula is C14H15N5O2S. The summed E-state index contributed by atoms with van der Waals surface area (Å²) in [7, 11) is 0. The summed E-state index contributed by atoms with van der Waals surface area (Å²) in [5, 5.41) is 12.8. The summed E-state index contributed by atoms with van der Waals surface area (Å²) in [6.07, 6.45) is 0.0947. The van der Waals surface area contributed by atoms with Crippen molar-refractivity contribution in [2.75, 3.05) is 0 Å². The molecule has 0 radical (unpaired) electrons. The SMILES string of the molecule is CC(C)Oc1ccc(-c2nnc3sc(CN)nn3c2=O)cc1. The lowest BCUT2D eigenvalue weighted by Crippen LogP contribution is -2.19. The monoisotopic (exact) mass is 317 g/mol. The zero-order valence-corrected chi connectivity index (χ0v) is 13.0. The van der Waals surface area contributed by atoms with Gasteiger partial charge in [0.05, 0.1) is 6.10 Å². The predicted octanol–water partition coefficient (Wildman–Crippen LogP) is 1.46. The number of ether oxygens (including phenoxy) is 1. The van der Waals surface area contributed by atoms with Crippen molar-refractivity contribution >= 4 is 16.3 Å². The number of hydrogen-bond acceptors (Lipinski definition) is 7. The fourth-order valence-electron chi connectivity index (χ4n) is 1.98. The molecule has 0 aliphatic carbocycles. The second-order valence-corrected chi connectivity index (χ2v) is 5.98. The summed E-state index contributed by atoms with van der Waals surface area (Å²) in [5.41, 5.74) is 6.16. The highest BCUT2D eigenvalue weighted by Crippen LogP contribution is 2.19. The first-order chi connectivity index (χ1) is 10.6. The van der Waals surface area contributed by atoms with E-state index in [1.165, 1.54) is 15.9 Å². The van der Waals surface area contributed by atoms with Gasteiger partial charge in [0.15, 0.2) is 5.69 Å². The van der Waals surface area contributed by atoms with E-state index in [0.717, 1.165) is 5.75 Å². The molecule has 1 aromatic carbocycles. The highest BCUT2D eigenvalue weighted by atomic mass is 32.1. The van der Waals surface area contributed by atoms with E-state index < -0.39 is 0 Å². The molecule has 0 amide bonds. The van der Waals surface area contributed by atoms with Crippen LogP contribution in [0.15, 0.2) is 29.1 Å². The van der Waals surface area contributed by atoms with Gasteiger partial charge in [-0.15, -0.1) is 10.2 Å². The summed E-state index contributed by atoms with van der Waals surface area (Å²) in [6, 6.07) is 7.17. The average molecular weight is 317 g/mol. The van der Waals surface area contributed by atoms with Gasteiger partial charge in [-0.1, -0.05) is 11.3 Å². The highest BCUT2D eigenvalue weighted by molar-refractivity contribution is 7.16. The Hall–Kier alpha value is -2.32. The molecule has 0 atom stereocenters. The predicted molar refractivity (Wildman–Crippen MR) is 84.0 cm³/mol. The molecule has 22 heavy (non-hydrogen) atoms. The first kappa shape index (κ1) is 14.6. The maximum absolute atomic E-state index is 12.5. The molecule has 2 aromatic heterocycles. The summed E-state index contributed by atoms with van der Waals surface area (Å²) < 4.78 is 6.82. The Balaban J connectivity index is 2.02. The summed E-state index contributed by atoms with van der Waals surface area (Å²) in [4.78, 5) is 12.9. The van der Waals surface area contributed by atoms with Crippen molar-refractivity contribution in [3.63, 3.8) is 0 Å². The van der Waals surface area contributed by atoms with Crippen molar-refractivity contribution in [3.05, 3.63) is 39.6 Å². The van der Waals surface area contributed by atoms with Gasteiger partial charge in [-0.25, -0.2) is 0 Å². The molecule has 0 spiro atoms. The Morgan fingerprint density at radius 1 is 1.27 bits per heavy atom. The van der Waals surface area contributed by atoms with Gasteiger partial charge in [-0.2, -0.15) is 9.61 Å². The topological polar surface area (TPSA) is 95.4 Å². The first-order valence-corrected chi connectivity index (χ1v) is 7.62. The number of aromatic nitrogens is 4. The number of nitrogens with zero attached hydrogens (tertiary/aromatic N) is 4. The molecule has 0 aliphatic heterocycles. The van der Waals surface area contributed by atoms with Crippen LogP contribution in [0.5, 0.6) is 5.75 Å². The number of rotatable bonds is 4. The molecular weight excluding hydrogens is 302 g/mol. The molecule has 8 heteroatoms. The van der Waals surface area contributed by atoms with Crippen LogP contribution in [-0.2, 0) is 6.54 Å². The zero-order valence-electron chi connectivity index (χ0n) is 12.2. The quantitative estimate of drug-likeness (QED) is 0.782. The van der Waals surface area contributed by atoms with E-state index in [2.05, 4.69) is 15.3 Å². The van der Waals surface area contributed by atoms with Crippen molar-refractivity contribution in [3.8, 4) is 17.0 Å². The van der Waals surface area contributed by atoms with E-state index in [-0.39, 0.29) is 23.9 Å². The summed E-state index contributed by atoms with van der Waals surface area (Å²) in [6.45, 7) is 4.18. The second kappa shape index (κ2) is 5.82. The van der Waals surface area contributed by atoms with Crippen molar-refractivity contribution in [2.24, 2.45) is 5.73 Å². The molecule has 0 aliphatic rings. The van der Waals surface area contributed by atoms with E-state index in [4.69, 9.17) is 10.5 Å². The standard InChI is InChI=1S/C14H15N5O2S/c1-8(2)21-10-5-3-9(4-6-10)12-13(20)19-14(17-16-12)22-11(7-15)18-19/h3-6,8H,7,15H2,1-2H3. The molecule has 0 saturated carbocycles. The van der Waals surface area contributed by atoms with E-state index in [1.54, 1.807) is 24.3 Å². The Morgan fingerprint density at radius 3 is 2.64 bits per heavy atom. The molecule has 3 aromatic rings. The first-order valence-electron chi connectivity index (χ1n) is 6.81. The number of benzene rings is 1. The minimum atomic E-state index is -0.307. The smallest absolute Gasteiger partial charge is 0.302 e. The molecule has 0 saturated heterocycles. The lowest BCUT2D eigenvalue weighted by atomic mass is 10.1. The Morgan fingerprint density at radius 2 is 2.00 bits per heavy atom. The van der Waals surface area contributed by atoms with Crippen LogP contribution in [0.25, 0.3) is 16.2 Å². The normalized spacial score (nSPS) is 11.3.